The number of carbonyl (C=O) groups excluding carboxylic acids is 1. The van der Waals surface area contributed by atoms with Gasteiger partial charge in [0, 0.05) is 28.7 Å². The van der Waals surface area contributed by atoms with Crippen molar-refractivity contribution >= 4 is 50.5 Å². The highest BCUT2D eigenvalue weighted by molar-refractivity contribution is 9.10. The summed E-state index contributed by atoms with van der Waals surface area (Å²) in [6, 6.07) is 21.5. The van der Waals surface area contributed by atoms with Crippen LogP contribution in [0.4, 0.5) is 11.4 Å². The molecule has 34 heavy (non-hydrogen) atoms. The molecule has 0 fully saturated rings. The first-order chi connectivity index (χ1) is 16.3. The zero-order valence-corrected chi connectivity index (χ0v) is 20.6. The Kier molecular flexibility index (Phi) is 7.14. The fourth-order valence-corrected chi connectivity index (χ4v) is 4.37. The van der Waals surface area contributed by atoms with Gasteiger partial charge < -0.3 is 20.6 Å². The number of carboxylic acid groups (broad SMARTS) is 1. The molecule has 3 N–H and O–H groups in total. The number of fused-ring (bicyclic) bond motifs is 1. The summed E-state index contributed by atoms with van der Waals surface area (Å²) in [5.41, 5.74) is 6.56. The lowest BCUT2D eigenvalue weighted by molar-refractivity contribution is -0.137. The van der Waals surface area contributed by atoms with E-state index in [1.165, 1.54) is 5.56 Å². The first kappa shape index (κ1) is 23.7. The predicted molar refractivity (Wildman–Crippen MR) is 139 cm³/mol. The van der Waals surface area contributed by atoms with Crippen molar-refractivity contribution < 1.29 is 14.7 Å². The molecule has 1 aliphatic heterocycles. The van der Waals surface area contributed by atoms with Crippen molar-refractivity contribution in [3.05, 3.63) is 93.5 Å². The molecule has 174 valence electrons. The first-order valence-electron chi connectivity index (χ1n) is 11.0. The van der Waals surface area contributed by atoms with Crippen LogP contribution in [0.5, 0.6) is 0 Å². The molecule has 3 aromatic rings. The minimum atomic E-state index is -0.838. The van der Waals surface area contributed by atoms with Crippen molar-refractivity contribution in [2.24, 2.45) is 0 Å². The number of carboxylic acids is 1. The smallest absolute Gasteiger partial charge is 0.303 e. The number of carbonyl (C=O) groups is 2. The lowest BCUT2D eigenvalue weighted by atomic mass is 9.97. The number of nitrogens with one attached hydrogen (secondary N) is 2. The third kappa shape index (κ3) is 5.55. The van der Waals surface area contributed by atoms with Gasteiger partial charge in [0.25, 0.3) is 5.91 Å². The van der Waals surface area contributed by atoms with Crippen molar-refractivity contribution in [2.45, 2.75) is 19.4 Å². The van der Waals surface area contributed by atoms with E-state index in [0.29, 0.717) is 17.7 Å². The molecule has 0 spiro atoms. The third-order valence-electron chi connectivity index (χ3n) is 5.54. The summed E-state index contributed by atoms with van der Waals surface area (Å²) in [5, 5.41) is 15.5. The number of aliphatic carboxylic acids is 1. The number of halogens is 1. The molecule has 0 saturated heterocycles. The molecule has 0 saturated carbocycles. The molecule has 0 atom stereocenters. The molecular formula is C27H26BrN3O3. The molecule has 6 nitrogen and oxygen atoms in total. The van der Waals surface area contributed by atoms with E-state index >= 15 is 0 Å². The molecule has 4 rings (SSSR count). The van der Waals surface area contributed by atoms with Crippen LogP contribution in [0, 0.1) is 0 Å². The van der Waals surface area contributed by atoms with Gasteiger partial charge in [0.05, 0.1) is 17.0 Å². The monoisotopic (exact) mass is 519 g/mol. The number of rotatable bonds is 8. The summed E-state index contributed by atoms with van der Waals surface area (Å²) in [6.45, 7) is 0.838. The Hall–Kier alpha value is -3.42. The maximum atomic E-state index is 13.1. The highest BCUT2D eigenvalue weighted by atomic mass is 79.9. The summed E-state index contributed by atoms with van der Waals surface area (Å²) in [5.74, 6) is -1.02. The highest BCUT2D eigenvalue weighted by Crippen LogP contribution is 2.39. The average molecular weight is 520 g/mol. The van der Waals surface area contributed by atoms with Crippen LogP contribution in [0.3, 0.4) is 0 Å². The maximum Gasteiger partial charge on any atom is 0.303 e. The molecule has 0 aromatic heterocycles. The van der Waals surface area contributed by atoms with Crippen LogP contribution in [0.2, 0.25) is 0 Å². The zero-order valence-electron chi connectivity index (χ0n) is 19.1. The summed E-state index contributed by atoms with van der Waals surface area (Å²) < 4.78 is 0.884. The number of hydrogen-bond acceptors (Lipinski definition) is 4. The molecular weight excluding hydrogens is 494 g/mol. The topological polar surface area (TPSA) is 81.7 Å². The van der Waals surface area contributed by atoms with E-state index in [4.69, 9.17) is 5.11 Å². The quantitative estimate of drug-likeness (QED) is 0.344. The highest BCUT2D eigenvalue weighted by Gasteiger charge is 2.28. The number of benzene rings is 3. The Morgan fingerprint density at radius 3 is 2.50 bits per heavy atom. The molecule has 1 amide bonds. The van der Waals surface area contributed by atoms with Crippen molar-refractivity contribution in [3.63, 3.8) is 0 Å². The lowest BCUT2D eigenvalue weighted by Crippen LogP contribution is -2.11. The summed E-state index contributed by atoms with van der Waals surface area (Å²) in [6.07, 6.45) is 0.466. The van der Waals surface area contributed by atoms with Gasteiger partial charge in [-0.15, -0.1) is 0 Å². The van der Waals surface area contributed by atoms with Crippen LogP contribution in [0.25, 0.3) is 11.3 Å². The van der Waals surface area contributed by atoms with Gasteiger partial charge in [0.2, 0.25) is 0 Å². The van der Waals surface area contributed by atoms with E-state index in [1.807, 2.05) is 68.7 Å². The maximum absolute atomic E-state index is 13.1. The number of anilines is 2. The molecule has 3 aromatic carbocycles. The number of hydrogen-bond donors (Lipinski definition) is 3. The first-order valence-corrected chi connectivity index (χ1v) is 11.8. The van der Waals surface area contributed by atoms with E-state index in [0.717, 1.165) is 39.1 Å². The normalized spacial score (nSPS) is 14.1. The zero-order chi connectivity index (χ0) is 24.2. The van der Waals surface area contributed by atoms with E-state index in [2.05, 4.69) is 43.6 Å². The second-order valence-corrected chi connectivity index (χ2v) is 9.46. The summed E-state index contributed by atoms with van der Waals surface area (Å²) >= 11 is 3.47. The van der Waals surface area contributed by atoms with E-state index < -0.39 is 5.97 Å². The van der Waals surface area contributed by atoms with Gasteiger partial charge in [-0.2, -0.15) is 0 Å². The number of nitrogens with zero attached hydrogens (tertiary/aromatic N) is 1. The van der Waals surface area contributed by atoms with Crippen LogP contribution >= 0.6 is 15.9 Å². The molecule has 1 heterocycles. The largest absolute Gasteiger partial charge is 0.481 e. The second-order valence-electron chi connectivity index (χ2n) is 8.55. The average Bonchev–Trinajstić information content (AvgIpc) is 3.11. The fourth-order valence-electron chi connectivity index (χ4n) is 4.01. The Bertz CT molecular complexity index is 1270. The van der Waals surface area contributed by atoms with Crippen LogP contribution in [-0.4, -0.2) is 36.0 Å². The van der Waals surface area contributed by atoms with E-state index in [1.54, 1.807) is 0 Å². The van der Waals surface area contributed by atoms with E-state index in [9.17, 15) is 9.59 Å². The summed E-state index contributed by atoms with van der Waals surface area (Å²) in [4.78, 5) is 26.3. The Labute approximate surface area is 207 Å². The Morgan fingerprint density at radius 2 is 1.79 bits per heavy atom. The molecule has 0 radical (unpaired) electrons. The Morgan fingerprint density at radius 1 is 1.03 bits per heavy atom. The standard InChI is InChI=1S/C27H26BrN3O3/c1-31(2)16-18-6-10-21(11-7-18)29-26(19-5-3-4-17(14-19)8-13-24(32)33)25-22-12-9-20(28)15-23(22)30-27(25)34/h3-7,9-12,14-15,29H,8,13,16H2,1-2H3,(H,30,34)(H,32,33). The van der Waals surface area contributed by atoms with Gasteiger partial charge >= 0.3 is 5.97 Å². The van der Waals surface area contributed by atoms with Crippen LogP contribution in [0.15, 0.2) is 71.2 Å². The van der Waals surface area contributed by atoms with Gasteiger partial charge in [0.1, 0.15) is 0 Å². The minimum absolute atomic E-state index is 0.0491. The minimum Gasteiger partial charge on any atom is -0.481 e. The molecule has 0 aliphatic carbocycles. The Balaban J connectivity index is 1.78. The predicted octanol–water partition coefficient (Wildman–Crippen LogP) is 5.46. The van der Waals surface area contributed by atoms with Crippen molar-refractivity contribution in [1.82, 2.24) is 4.90 Å². The number of amides is 1. The van der Waals surface area contributed by atoms with Gasteiger partial charge in [0.15, 0.2) is 0 Å². The van der Waals surface area contributed by atoms with Crippen LogP contribution in [0.1, 0.15) is 28.7 Å². The van der Waals surface area contributed by atoms with E-state index in [-0.39, 0.29) is 12.3 Å². The number of aryl methyl sites for hydroxylation is 1. The van der Waals surface area contributed by atoms with Crippen LogP contribution in [-0.2, 0) is 22.6 Å². The van der Waals surface area contributed by atoms with Gasteiger partial charge in [-0.3, -0.25) is 9.59 Å². The molecule has 0 bridgehead atoms. The van der Waals surface area contributed by atoms with Crippen molar-refractivity contribution in [3.8, 4) is 0 Å². The van der Waals surface area contributed by atoms with Gasteiger partial charge in [-0.1, -0.05) is 52.3 Å². The summed E-state index contributed by atoms with van der Waals surface area (Å²) in [7, 11) is 4.06. The van der Waals surface area contributed by atoms with Crippen molar-refractivity contribution in [1.29, 1.82) is 0 Å². The molecule has 1 aliphatic rings. The van der Waals surface area contributed by atoms with Crippen molar-refractivity contribution in [2.75, 3.05) is 24.7 Å². The fraction of sp³-hybridized carbons (Fsp3) is 0.185. The third-order valence-corrected chi connectivity index (χ3v) is 6.03. The SMILES string of the molecule is CN(C)Cc1ccc(NC(=C2C(=O)Nc3cc(Br)ccc32)c2cccc(CCC(=O)O)c2)cc1. The van der Waals surface area contributed by atoms with Crippen LogP contribution < -0.4 is 10.6 Å². The second kappa shape index (κ2) is 10.2. The molecule has 0 unspecified atom stereocenters. The molecule has 7 heteroatoms. The lowest BCUT2D eigenvalue weighted by Gasteiger charge is -2.16. The van der Waals surface area contributed by atoms with Gasteiger partial charge in [-0.05, 0) is 67.5 Å². The van der Waals surface area contributed by atoms with Gasteiger partial charge in [-0.25, -0.2) is 0 Å².